The van der Waals surface area contributed by atoms with Crippen LogP contribution in [0.4, 0.5) is 0 Å². The molecule has 3 nitrogen and oxygen atoms in total. The number of aryl methyl sites for hydroxylation is 1. The van der Waals surface area contributed by atoms with E-state index in [0.29, 0.717) is 0 Å². The van der Waals surface area contributed by atoms with Gasteiger partial charge in [-0.2, -0.15) is 35.9 Å². The van der Waals surface area contributed by atoms with Gasteiger partial charge < -0.3 is 4.74 Å². The molecule has 0 aliphatic carbocycles. The molecule has 26 heavy (non-hydrogen) atoms. The molecule has 6 heteroatoms. The predicted molar refractivity (Wildman–Crippen MR) is 105 cm³/mol. The summed E-state index contributed by atoms with van der Waals surface area (Å²) in [6, 6.07) is 18.4. The monoisotopic (exact) mass is 464 g/mol. The molecule has 2 rings (SSSR count). The maximum absolute atomic E-state index is 12.7. The van der Waals surface area contributed by atoms with E-state index in [9.17, 15) is 9.00 Å². The van der Waals surface area contributed by atoms with Crippen LogP contribution >= 0.6 is 11.8 Å². The van der Waals surface area contributed by atoms with Crippen molar-refractivity contribution in [2.45, 2.75) is 23.3 Å². The molecule has 137 valence electrons. The standard InChI is InChI=1S/C20H23O3S2.Y/c1-14-10-12-16(13-11-14)17(19(21)23-2)18(20(24-3)25(4)22)15-8-6-5-7-9-15;/h6-13,17-18,20H,1-4H3;/q-1;. The van der Waals surface area contributed by atoms with Gasteiger partial charge in [-0.05, 0) is 18.7 Å². The van der Waals surface area contributed by atoms with E-state index in [2.05, 4.69) is 6.07 Å². The van der Waals surface area contributed by atoms with Crippen LogP contribution < -0.4 is 0 Å². The van der Waals surface area contributed by atoms with Crippen LogP contribution in [0.3, 0.4) is 0 Å². The zero-order valence-electron chi connectivity index (χ0n) is 15.5. The van der Waals surface area contributed by atoms with Crippen LogP contribution in [0.2, 0.25) is 0 Å². The molecule has 2 aromatic rings. The van der Waals surface area contributed by atoms with E-state index in [-0.39, 0.29) is 49.2 Å². The average Bonchev–Trinajstić information content (AvgIpc) is 2.63. The molecule has 0 spiro atoms. The summed E-state index contributed by atoms with van der Waals surface area (Å²) in [5.74, 6) is -1.09. The second kappa shape index (κ2) is 11.4. The molecule has 4 atom stereocenters. The summed E-state index contributed by atoms with van der Waals surface area (Å²) >= 11 is 1.52. The van der Waals surface area contributed by atoms with E-state index >= 15 is 0 Å². The Morgan fingerprint density at radius 3 is 2.15 bits per heavy atom. The summed E-state index contributed by atoms with van der Waals surface area (Å²) in [5, 5.41) is 0. The van der Waals surface area contributed by atoms with E-state index in [4.69, 9.17) is 4.74 Å². The third-order valence-electron chi connectivity index (χ3n) is 4.23. The van der Waals surface area contributed by atoms with Crippen LogP contribution in [0.15, 0.2) is 48.5 Å². The zero-order chi connectivity index (χ0) is 18.4. The second-order valence-electron chi connectivity index (χ2n) is 5.87. The number of benzene rings is 2. The van der Waals surface area contributed by atoms with Crippen LogP contribution in [0, 0.1) is 13.0 Å². The van der Waals surface area contributed by atoms with Crippen molar-refractivity contribution in [2.75, 3.05) is 19.6 Å². The Balaban J connectivity index is 0.00000338. The van der Waals surface area contributed by atoms with Gasteiger partial charge in [0, 0.05) is 55.7 Å². The second-order valence-corrected chi connectivity index (χ2v) is 8.66. The molecule has 0 saturated heterocycles. The van der Waals surface area contributed by atoms with Gasteiger partial charge >= 0.3 is 5.97 Å². The molecule has 0 saturated carbocycles. The van der Waals surface area contributed by atoms with Crippen LogP contribution in [0.25, 0.3) is 0 Å². The Morgan fingerprint density at radius 1 is 1.12 bits per heavy atom. The molecule has 0 heterocycles. The summed E-state index contributed by atoms with van der Waals surface area (Å²) in [6.45, 7) is 2.01. The summed E-state index contributed by atoms with van der Waals surface area (Å²) in [4.78, 5) is 12.7. The van der Waals surface area contributed by atoms with E-state index in [0.717, 1.165) is 16.7 Å². The van der Waals surface area contributed by atoms with Gasteiger partial charge in [0.15, 0.2) is 0 Å². The average molecular weight is 464 g/mol. The van der Waals surface area contributed by atoms with Gasteiger partial charge in [0.1, 0.15) is 0 Å². The van der Waals surface area contributed by atoms with Crippen LogP contribution in [0.5, 0.6) is 0 Å². The normalized spacial score (nSPS) is 15.2. The van der Waals surface area contributed by atoms with Gasteiger partial charge in [-0.25, -0.2) is 0 Å². The Kier molecular flexibility index (Phi) is 10.3. The Bertz CT molecular complexity index is 720. The van der Waals surface area contributed by atoms with Crippen molar-refractivity contribution in [3.8, 4) is 0 Å². The number of rotatable bonds is 7. The summed E-state index contributed by atoms with van der Waals surface area (Å²) in [7, 11) is 0.293. The Morgan fingerprint density at radius 2 is 1.69 bits per heavy atom. The molecule has 0 aromatic heterocycles. The minimum atomic E-state index is -1.11. The van der Waals surface area contributed by atoms with Gasteiger partial charge in [-0.15, -0.1) is 11.8 Å². The van der Waals surface area contributed by atoms with Crippen LogP contribution in [0.1, 0.15) is 28.5 Å². The molecule has 0 fully saturated rings. The minimum absolute atomic E-state index is 0. The number of esters is 1. The molecule has 0 N–H and O–H groups in total. The van der Waals surface area contributed by atoms with Crippen molar-refractivity contribution in [3.05, 3.63) is 71.3 Å². The number of carbonyl (C=O) groups is 1. The molecule has 4 unspecified atom stereocenters. The number of hydrogen-bond acceptors (Lipinski definition) is 4. The fraction of sp³-hybridized carbons (Fsp3) is 0.350. The summed E-state index contributed by atoms with van der Waals surface area (Å²) < 4.78 is 17.3. The smallest absolute Gasteiger partial charge is 0.313 e. The van der Waals surface area contributed by atoms with Gasteiger partial charge in [0.05, 0.1) is 17.6 Å². The number of ether oxygens (including phenoxy) is 1. The SMILES string of the molecule is COC(=O)C(c1ccc(C)cc1)C(c1cc[c-]cc1)C(SC)S(C)=O.[Y]. The molecule has 0 bridgehead atoms. The number of hydrogen-bond donors (Lipinski definition) is 0. The first-order chi connectivity index (χ1) is 12.0. The van der Waals surface area contributed by atoms with E-state index < -0.39 is 16.7 Å². The zero-order valence-corrected chi connectivity index (χ0v) is 19.9. The van der Waals surface area contributed by atoms with Gasteiger partial charge in [0.2, 0.25) is 0 Å². The summed E-state index contributed by atoms with van der Waals surface area (Å²) in [5.41, 5.74) is 2.96. The summed E-state index contributed by atoms with van der Waals surface area (Å²) in [6.07, 6.45) is 3.62. The van der Waals surface area contributed by atoms with Crippen molar-refractivity contribution in [1.29, 1.82) is 0 Å². The molecular weight excluding hydrogens is 441 g/mol. The van der Waals surface area contributed by atoms with Crippen molar-refractivity contribution in [2.24, 2.45) is 0 Å². The van der Waals surface area contributed by atoms with Crippen molar-refractivity contribution < 1.29 is 46.4 Å². The maximum atomic E-state index is 12.7. The predicted octanol–water partition coefficient (Wildman–Crippen LogP) is 3.90. The molecular formula is C20H23O3S2Y-. The first-order valence-electron chi connectivity index (χ1n) is 7.95. The number of thioether (sulfide) groups is 1. The number of methoxy groups -OCH3 is 1. The van der Waals surface area contributed by atoms with E-state index in [1.54, 1.807) is 6.26 Å². The van der Waals surface area contributed by atoms with Crippen molar-refractivity contribution in [1.82, 2.24) is 0 Å². The molecule has 2 aromatic carbocycles. The quantitative estimate of drug-likeness (QED) is 0.461. The van der Waals surface area contributed by atoms with Gasteiger partial charge in [-0.3, -0.25) is 9.00 Å². The Hall–Kier alpha value is -0.486. The van der Waals surface area contributed by atoms with E-state index in [1.807, 2.05) is 61.7 Å². The van der Waals surface area contributed by atoms with Crippen molar-refractivity contribution in [3.63, 3.8) is 0 Å². The first-order valence-corrected chi connectivity index (χ1v) is 10.9. The van der Waals surface area contributed by atoms with Crippen molar-refractivity contribution >= 4 is 28.5 Å². The van der Waals surface area contributed by atoms with E-state index in [1.165, 1.54) is 18.9 Å². The Labute approximate surface area is 188 Å². The third-order valence-corrected chi connectivity index (χ3v) is 7.33. The van der Waals surface area contributed by atoms with Crippen LogP contribution in [-0.2, 0) is 53.0 Å². The maximum Gasteiger partial charge on any atom is 0.313 e. The van der Waals surface area contributed by atoms with Gasteiger partial charge in [-0.1, -0.05) is 29.8 Å². The number of carbonyl (C=O) groups excluding carboxylic acids is 1. The molecule has 0 aliphatic heterocycles. The van der Waals surface area contributed by atoms with Crippen LogP contribution in [-0.4, -0.2) is 34.4 Å². The molecule has 0 amide bonds. The third kappa shape index (κ3) is 5.75. The molecule has 0 aliphatic rings. The minimum Gasteiger partial charge on any atom is -0.469 e. The fourth-order valence-corrected chi connectivity index (χ4v) is 5.43. The topological polar surface area (TPSA) is 43.4 Å². The first kappa shape index (κ1) is 23.6. The molecule has 1 radical (unpaired) electrons. The van der Waals surface area contributed by atoms with Gasteiger partial charge in [0.25, 0.3) is 0 Å². The largest absolute Gasteiger partial charge is 0.469 e. The fourth-order valence-electron chi connectivity index (χ4n) is 3.01.